The predicted molar refractivity (Wildman–Crippen MR) is 222 cm³/mol. The third-order valence-electron chi connectivity index (χ3n) is 10.0. The standard InChI is InChI=1S/C50H38N2/c1-5-17-39(18-6-1)51(40-19-7-2-8-20-40)43-33-29-37(30-34-43)49-45-25-13-15-27-47(45)50(48-28-16-14-26-46(48)49)38-31-35-44(36-32-38)52(41-21-9-3-10-22-41)42-23-11-4-12-24-42/h1-3,5-11,13-36H,4,12H2. The van der Waals surface area contributed by atoms with Crippen LogP contribution in [0.5, 0.6) is 0 Å². The smallest absolute Gasteiger partial charge is 0.0462 e. The van der Waals surface area contributed by atoms with Crippen LogP contribution in [0.1, 0.15) is 12.8 Å². The van der Waals surface area contributed by atoms with Crippen LogP contribution in [-0.4, -0.2) is 0 Å². The maximum Gasteiger partial charge on any atom is 0.0462 e. The molecule has 1 aliphatic rings. The lowest BCUT2D eigenvalue weighted by molar-refractivity contribution is 0.997. The van der Waals surface area contributed by atoms with E-state index in [9.17, 15) is 0 Å². The van der Waals surface area contributed by atoms with Crippen molar-refractivity contribution >= 4 is 50.0 Å². The van der Waals surface area contributed by atoms with Crippen LogP contribution in [0.3, 0.4) is 0 Å². The van der Waals surface area contributed by atoms with Crippen LogP contribution >= 0.6 is 0 Å². The molecule has 248 valence electrons. The highest BCUT2D eigenvalue weighted by atomic mass is 15.1. The van der Waals surface area contributed by atoms with Crippen LogP contribution in [0.15, 0.2) is 212 Å². The Kier molecular flexibility index (Phi) is 8.40. The van der Waals surface area contributed by atoms with E-state index in [1.54, 1.807) is 0 Å². The summed E-state index contributed by atoms with van der Waals surface area (Å²) in [5, 5.41) is 5.00. The number of anilines is 5. The van der Waals surface area contributed by atoms with Gasteiger partial charge < -0.3 is 9.80 Å². The summed E-state index contributed by atoms with van der Waals surface area (Å²) < 4.78 is 0. The summed E-state index contributed by atoms with van der Waals surface area (Å²) in [7, 11) is 0. The molecule has 9 rings (SSSR count). The molecular weight excluding hydrogens is 629 g/mol. The molecule has 0 unspecified atom stereocenters. The Morgan fingerprint density at radius 1 is 0.308 bits per heavy atom. The summed E-state index contributed by atoms with van der Waals surface area (Å²) in [6.45, 7) is 0. The highest BCUT2D eigenvalue weighted by Crippen LogP contribution is 2.45. The molecule has 1 aliphatic carbocycles. The maximum absolute atomic E-state index is 2.36. The topological polar surface area (TPSA) is 6.48 Å². The first-order chi connectivity index (χ1) is 25.8. The van der Waals surface area contributed by atoms with Crippen molar-refractivity contribution in [2.24, 2.45) is 0 Å². The number of benzene rings is 8. The molecule has 8 aromatic rings. The molecule has 0 atom stereocenters. The number of para-hydroxylation sites is 3. The molecule has 0 bridgehead atoms. The first-order valence-corrected chi connectivity index (χ1v) is 18.1. The molecule has 0 aliphatic heterocycles. The molecular formula is C50H38N2. The van der Waals surface area contributed by atoms with Crippen molar-refractivity contribution < 1.29 is 0 Å². The van der Waals surface area contributed by atoms with Crippen LogP contribution in [-0.2, 0) is 0 Å². The molecule has 0 aromatic heterocycles. The molecule has 0 spiro atoms. The van der Waals surface area contributed by atoms with E-state index in [0.29, 0.717) is 0 Å². The van der Waals surface area contributed by atoms with Gasteiger partial charge in [-0.2, -0.15) is 0 Å². The predicted octanol–water partition coefficient (Wildman–Crippen LogP) is 14.2. The van der Waals surface area contributed by atoms with Gasteiger partial charge in [0.15, 0.2) is 0 Å². The van der Waals surface area contributed by atoms with Gasteiger partial charge >= 0.3 is 0 Å². The Bertz CT molecular complexity index is 2440. The van der Waals surface area contributed by atoms with Gasteiger partial charge in [-0.1, -0.05) is 140 Å². The minimum Gasteiger partial charge on any atom is -0.311 e. The fraction of sp³-hybridized carbons (Fsp3) is 0.0400. The van der Waals surface area contributed by atoms with Crippen molar-refractivity contribution in [1.82, 2.24) is 0 Å². The number of nitrogens with zero attached hydrogens (tertiary/aromatic N) is 2. The van der Waals surface area contributed by atoms with Crippen molar-refractivity contribution in [3.8, 4) is 22.3 Å². The Hall–Kier alpha value is -6.64. The Morgan fingerprint density at radius 3 is 1.04 bits per heavy atom. The van der Waals surface area contributed by atoms with Crippen molar-refractivity contribution in [2.45, 2.75) is 12.8 Å². The third kappa shape index (κ3) is 5.85. The molecule has 0 amide bonds. The Morgan fingerprint density at radius 2 is 0.654 bits per heavy atom. The van der Waals surface area contributed by atoms with E-state index in [-0.39, 0.29) is 0 Å². The van der Waals surface area contributed by atoms with E-state index in [4.69, 9.17) is 0 Å². The summed E-state index contributed by atoms with van der Waals surface area (Å²) in [6, 6.07) is 67.8. The molecule has 0 N–H and O–H groups in total. The minimum absolute atomic E-state index is 1.05. The largest absolute Gasteiger partial charge is 0.311 e. The second kappa shape index (κ2) is 13.9. The highest BCUT2D eigenvalue weighted by molar-refractivity contribution is 6.21. The quantitative estimate of drug-likeness (QED) is 0.149. The Balaban J connectivity index is 1.16. The second-order valence-electron chi connectivity index (χ2n) is 13.2. The number of hydrogen-bond acceptors (Lipinski definition) is 2. The van der Waals surface area contributed by atoms with Gasteiger partial charge in [-0.05, 0) is 123 Å². The van der Waals surface area contributed by atoms with Gasteiger partial charge in [0.25, 0.3) is 0 Å². The molecule has 2 heteroatoms. The zero-order valence-corrected chi connectivity index (χ0v) is 28.9. The van der Waals surface area contributed by atoms with Crippen LogP contribution in [0.25, 0.3) is 43.8 Å². The molecule has 0 heterocycles. The van der Waals surface area contributed by atoms with Gasteiger partial charge in [0.1, 0.15) is 0 Å². The zero-order valence-electron chi connectivity index (χ0n) is 28.9. The van der Waals surface area contributed by atoms with Crippen molar-refractivity contribution in [1.29, 1.82) is 0 Å². The Labute approximate surface area is 305 Å². The first-order valence-electron chi connectivity index (χ1n) is 18.1. The van der Waals surface area contributed by atoms with Crippen LogP contribution in [0, 0.1) is 0 Å². The van der Waals surface area contributed by atoms with E-state index in [1.807, 2.05) is 0 Å². The fourth-order valence-corrected chi connectivity index (χ4v) is 7.70. The van der Waals surface area contributed by atoms with Crippen molar-refractivity contribution in [2.75, 3.05) is 9.80 Å². The van der Waals surface area contributed by atoms with Crippen LogP contribution in [0.4, 0.5) is 28.4 Å². The first kappa shape index (κ1) is 31.3. The average Bonchev–Trinajstić information content (AvgIpc) is 3.22. The number of allylic oxidation sites excluding steroid dienone is 3. The summed E-state index contributed by atoms with van der Waals surface area (Å²) >= 11 is 0. The third-order valence-corrected chi connectivity index (χ3v) is 10.0. The van der Waals surface area contributed by atoms with Crippen molar-refractivity contribution in [3.05, 3.63) is 212 Å². The lowest BCUT2D eigenvalue weighted by Crippen LogP contribution is -2.16. The summed E-state index contributed by atoms with van der Waals surface area (Å²) in [5.74, 6) is 0. The second-order valence-corrected chi connectivity index (χ2v) is 13.2. The normalized spacial score (nSPS) is 12.5. The molecule has 0 saturated heterocycles. The summed E-state index contributed by atoms with van der Waals surface area (Å²) in [4.78, 5) is 4.67. The van der Waals surface area contributed by atoms with E-state index >= 15 is 0 Å². The average molecular weight is 667 g/mol. The van der Waals surface area contributed by atoms with Crippen molar-refractivity contribution in [3.63, 3.8) is 0 Å². The van der Waals surface area contributed by atoms with Gasteiger partial charge in [0.05, 0.1) is 0 Å². The highest BCUT2D eigenvalue weighted by Gasteiger charge is 2.19. The molecule has 0 saturated carbocycles. The van der Waals surface area contributed by atoms with Gasteiger partial charge in [-0.3, -0.25) is 0 Å². The molecule has 2 nitrogen and oxygen atoms in total. The molecule has 52 heavy (non-hydrogen) atoms. The van der Waals surface area contributed by atoms with Gasteiger partial charge in [0.2, 0.25) is 0 Å². The zero-order chi connectivity index (χ0) is 34.7. The van der Waals surface area contributed by atoms with Gasteiger partial charge in [-0.15, -0.1) is 0 Å². The molecule has 8 aromatic carbocycles. The number of hydrogen-bond donors (Lipinski definition) is 0. The van der Waals surface area contributed by atoms with E-state index in [1.165, 1.54) is 49.5 Å². The van der Waals surface area contributed by atoms with E-state index < -0.39 is 0 Å². The molecule has 0 radical (unpaired) electrons. The SMILES string of the molecule is C1=CC(N(c2ccccc2)c2ccc(-c3c4ccccc4c(-c4ccc(N(c5ccccc5)c5ccccc5)cc4)c4ccccc34)cc2)=CCC1. The maximum atomic E-state index is 2.36. The van der Waals surface area contributed by atoms with Crippen LogP contribution < -0.4 is 9.80 Å². The van der Waals surface area contributed by atoms with Gasteiger partial charge in [-0.25, -0.2) is 0 Å². The lowest BCUT2D eigenvalue weighted by atomic mass is 9.86. The molecule has 0 fully saturated rings. The summed E-state index contributed by atoms with van der Waals surface area (Å²) in [5.41, 5.74) is 11.8. The lowest BCUT2D eigenvalue weighted by Gasteiger charge is -2.28. The van der Waals surface area contributed by atoms with E-state index in [2.05, 4.69) is 216 Å². The van der Waals surface area contributed by atoms with E-state index in [0.717, 1.165) is 41.3 Å². The fourth-order valence-electron chi connectivity index (χ4n) is 7.70. The number of rotatable bonds is 8. The number of fused-ring (bicyclic) bond motifs is 2. The van der Waals surface area contributed by atoms with Gasteiger partial charge in [0, 0.05) is 34.1 Å². The monoisotopic (exact) mass is 666 g/mol. The summed E-state index contributed by atoms with van der Waals surface area (Å²) in [6.07, 6.45) is 9.00. The van der Waals surface area contributed by atoms with Crippen LogP contribution in [0.2, 0.25) is 0 Å². The minimum atomic E-state index is 1.05.